The number of anilines is 1. The van der Waals surface area contributed by atoms with Crippen molar-refractivity contribution in [3.8, 4) is 22.2 Å². The van der Waals surface area contributed by atoms with Crippen LogP contribution in [0, 0.1) is 13.8 Å². The van der Waals surface area contributed by atoms with Gasteiger partial charge < -0.3 is 9.84 Å². The van der Waals surface area contributed by atoms with Crippen molar-refractivity contribution in [2.75, 3.05) is 5.32 Å². The van der Waals surface area contributed by atoms with Crippen LogP contribution < -0.4 is 10.9 Å². The summed E-state index contributed by atoms with van der Waals surface area (Å²) in [7, 11) is 0. The van der Waals surface area contributed by atoms with Crippen molar-refractivity contribution in [3.05, 3.63) is 81.4 Å². The van der Waals surface area contributed by atoms with E-state index in [-0.39, 0.29) is 18.0 Å². The predicted octanol–water partition coefficient (Wildman–Crippen LogP) is 5.08. The first-order chi connectivity index (χ1) is 16.4. The summed E-state index contributed by atoms with van der Waals surface area (Å²) in [6.45, 7) is 3.62. The molecule has 5 rings (SSSR count). The normalized spacial score (nSPS) is 11.1. The Labute approximate surface area is 202 Å². The van der Waals surface area contributed by atoms with Crippen molar-refractivity contribution in [1.82, 2.24) is 19.7 Å². The number of hydrogen-bond donors (Lipinski definition) is 1. The molecule has 0 saturated carbocycles. The van der Waals surface area contributed by atoms with Crippen molar-refractivity contribution in [2.24, 2.45) is 0 Å². The first-order valence-corrected chi connectivity index (χ1v) is 11.5. The lowest BCUT2D eigenvalue weighted by Crippen LogP contribution is -2.27. The van der Waals surface area contributed by atoms with Crippen molar-refractivity contribution in [2.45, 2.75) is 20.4 Å². The van der Waals surface area contributed by atoms with Crippen LogP contribution >= 0.6 is 22.9 Å². The molecular weight excluding hydrogens is 474 g/mol. The fourth-order valence-electron chi connectivity index (χ4n) is 3.53. The third kappa shape index (κ3) is 4.23. The highest BCUT2D eigenvalue weighted by atomic mass is 35.5. The molecule has 5 aromatic rings. The SMILES string of the molecule is Cc1ccc(NC(=O)Cn2cnc3sc(-c4nc(-c5cccc(Cl)c5)no4)c(C)c3c2=O)cc1. The van der Waals surface area contributed by atoms with Crippen LogP contribution in [0.15, 0.2) is 64.2 Å². The number of halogens is 1. The minimum Gasteiger partial charge on any atom is -0.333 e. The lowest BCUT2D eigenvalue weighted by atomic mass is 10.2. The van der Waals surface area contributed by atoms with Crippen molar-refractivity contribution < 1.29 is 9.32 Å². The molecule has 0 spiro atoms. The number of benzene rings is 2. The Kier molecular flexibility index (Phi) is 5.72. The van der Waals surface area contributed by atoms with Crippen LogP contribution in [0.4, 0.5) is 5.69 Å². The Morgan fingerprint density at radius 2 is 1.97 bits per heavy atom. The number of rotatable bonds is 5. The summed E-state index contributed by atoms with van der Waals surface area (Å²) in [5.74, 6) is 0.370. The molecule has 34 heavy (non-hydrogen) atoms. The number of nitrogens with zero attached hydrogens (tertiary/aromatic N) is 4. The molecule has 2 aromatic carbocycles. The summed E-state index contributed by atoms with van der Waals surface area (Å²) in [6, 6.07) is 14.6. The van der Waals surface area contributed by atoms with Gasteiger partial charge in [0.15, 0.2) is 0 Å². The number of aryl methyl sites for hydroxylation is 2. The van der Waals surface area contributed by atoms with Gasteiger partial charge in [-0.3, -0.25) is 14.2 Å². The Hall–Kier alpha value is -3.82. The molecule has 0 radical (unpaired) electrons. The van der Waals surface area contributed by atoms with E-state index in [0.29, 0.717) is 43.1 Å². The van der Waals surface area contributed by atoms with Crippen LogP contribution in [-0.2, 0) is 11.3 Å². The Morgan fingerprint density at radius 1 is 1.18 bits per heavy atom. The number of aromatic nitrogens is 4. The Balaban J connectivity index is 1.44. The van der Waals surface area contributed by atoms with Gasteiger partial charge in [0.1, 0.15) is 11.4 Å². The van der Waals surface area contributed by atoms with Gasteiger partial charge in [-0.25, -0.2) is 4.98 Å². The van der Waals surface area contributed by atoms with Crippen LogP contribution in [0.3, 0.4) is 0 Å². The van der Waals surface area contributed by atoms with Gasteiger partial charge in [0.25, 0.3) is 11.4 Å². The number of carbonyl (C=O) groups excluding carboxylic acids is 1. The van der Waals surface area contributed by atoms with Gasteiger partial charge in [0.05, 0.1) is 16.6 Å². The molecule has 0 fully saturated rings. The molecular formula is C24H18ClN5O3S. The number of fused-ring (bicyclic) bond motifs is 1. The zero-order chi connectivity index (χ0) is 23.8. The van der Waals surface area contributed by atoms with E-state index in [9.17, 15) is 9.59 Å². The molecule has 170 valence electrons. The second-order valence-electron chi connectivity index (χ2n) is 7.76. The molecule has 8 nitrogen and oxygen atoms in total. The van der Waals surface area contributed by atoms with Crippen LogP contribution in [0.1, 0.15) is 11.1 Å². The largest absolute Gasteiger partial charge is 0.333 e. The van der Waals surface area contributed by atoms with E-state index in [1.165, 1.54) is 22.2 Å². The van der Waals surface area contributed by atoms with Gasteiger partial charge in [-0.1, -0.05) is 46.6 Å². The molecule has 0 aliphatic heterocycles. The molecule has 0 unspecified atom stereocenters. The minimum atomic E-state index is -0.316. The summed E-state index contributed by atoms with van der Waals surface area (Å²) in [6.07, 6.45) is 1.38. The van der Waals surface area contributed by atoms with Crippen LogP contribution in [0.2, 0.25) is 5.02 Å². The van der Waals surface area contributed by atoms with Gasteiger partial charge in [0, 0.05) is 16.3 Å². The number of thiophene rings is 1. The topological polar surface area (TPSA) is 103 Å². The zero-order valence-corrected chi connectivity index (χ0v) is 19.8. The van der Waals surface area contributed by atoms with Gasteiger partial charge >= 0.3 is 0 Å². The second-order valence-corrected chi connectivity index (χ2v) is 9.20. The molecule has 1 N–H and O–H groups in total. The first-order valence-electron chi connectivity index (χ1n) is 10.3. The number of nitrogens with one attached hydrogen (secondary N) is 1. The van der Waals surface area contributed by atoms with E-state index in [2.05, 4.69) is 20.4 Å². The third-order valence-corrected chi connectivity index (χ3v) is 6.69. The van der Waals surface area contributed by atoms with Gasteiger partial charge in [-0.05, 0) is 43.7 Å². The molecule has 0 aliphatic rings. The molecule has 0 aliphatic carbocycles. The van der Waals surface area contributed by atoms with Crippen LogP contribution in [0.25, 0.3) is 32.4 Å². The van der Waals surface area contributed by atoms with Gasteiger partial charge in [-0.15, -0.1) is 11.3 Å². The smallest absolute Gasteiger partial charge is 0.268 e. The monoisotopic (exact) mass is 491 g/mol. The average molecular weight is 492 g/mol. The van der Waals surface area contributed by atoms with Crippen molar-refractivity contribution in [3.63, 3.8) is 0 Å². The standard InChI is InChI=1S/C24H18ClN5O3S/c1-13-6-8-17(9-7-13)27-18(31)11-30-12-26-23-19(24(30)32)14(2)20(34-23)22-28-21(29-33-22)15-4-3-5-16(25)10-15/h3-10,12H,11H2,1-2H3,(H,27,31). The quantitative estimate of drug-likeness (QED) is 0.367. The van der Waals surface area contributed by atoms with Crippen LogP contribution in [-0.4, -0.2) is 25.6 Å². The summed E-state index contributed by atoms with van der Waals surface area (Å²) >= 11 is 7.35. The summed E-state index contributed by atoms with van der Waals surface area (Å²) in [5, 5.41) is 7.83. The molecule has 0 bridgehead atoms. The predicted molar refractivity (Wildman–Crippen MR) is 132 cm³/mol. The number of carbonyl (C=O) groups is 1. The van der Waals surface area contributed by atoms with E-state index in [1.807, 2.05) is 37.3 Å². The molecule has 1 amide bonds. The maximum atomic E-state index is 13.2. The van der Waals surface area contributed by atoms with E-state index in [0.717, 1.165) is 11.1 Å². The van der Waals surface area contributed by atoms with Gasteiger partial charge in [0.2, 0.25) is 11.7 Å². The Bertz CT molecular complexity index is 1590. The molecule has 3 heterocycles. The Morgan fingerprint density at radius 3 is 2.74 bits per heavy atom. The van der Waals surface area contributed by atoms with E-state index < -0.39 is 0 Å². The van der Waals surface area contributed by atoms with Crippen molar-refractivity contribution in [1.29, 1.82) is 0 Å². The van der Waals surface area contributed by atoms with E-state index in [4.69, 9.17) is 16.1 Å². The van der Waals surface area contributed by atoms with Crippen LogP contribution in [0.5, 0.6) is 0 Å². The number of amides is 1. The zero-order valence-electron chi connectivity index (χ0n) is 18.2. The fraction of sp³-hybridized carbons (Fsp3) is 0.125. The molecule has 10 heteroatoms. The van der Waals surface area contributed by atoms with Crippen molar-refractivity contribution >= 4 is 44.7 Å². The fourth-order valence-corrected chi connectivity index (χ4v) is 4.78. The molecule has 0 atom stereocenters. The third-order valence-electron chi connectivity index (χ3n) is 5.27. The van der Waals surface area contributed by atoms with E-state index >= 15 is 0 Å². The highest BCUT2D eigenvalue weighted by Gasteiger charge is 2.21. The lowest BCUT2D eigenvalue weighted by molar-refractivity contribution is -0.116. The average Bonchev–Trinajstić information content (AvgIpc) is 3.42. The first kappa shape index (κ1) is 22.0. The summed E-state index contributed by atoms with van der Waals surface area (Å²) in [4.78, 5) is 35.7. The maximum Gasteiger partial charge on any atom is 0.268 e. The molecule has 0 saturated heterocycles. The van der Waals surface area contributed by atoms with E-state index in [1.54, 1.807) is 25.1 Å². The lowest BCUT2D eigenvalue weighted by Gasteiger charge is -2.07. The summed E-state index contributed by atoms with van der Waals surface area (Å²) < 4.78 is 6.76. The maximum absolute atomic E-state index is 13.2. The highest BCUT2D eigenvalue weighted by molar-refractivity contribution is 7.22. The minimum absolute atomic E-state index is 0.153. The highest BCUT2D eigenvalue weighted by Crippen LogP contribution is 2.35. The number of hydrogen-bond acceptors (Lipinski definition) is 7. The van der Waals surface area contributed by atoms with Gasteiger partial charge in [-0.2, -0.15) is 4.98 Å². The molecule has 3 aromatic heterocycles. The second kappa shape index (κ2) is 8.85. The summed E-state index contributed by atoms with van der Waals surface area (Å²) in [5.41, 5.74) is 2.85.